The van der Waals surface area contributed by atoms with Gasteiger partial charge in [-0.15, -0.1) is 0 Å². The molecule has 0 spiro atoms. The summed E-state index contributed by atoms with van der Waals surface area (Å²) in [5, 5.41) is 2.87. The predicted molar refractivity (Wildman–Crippen MR) is 120 cm³/mol. The zero-order valence-electron chi connectivity index (χ0n) is 17.0. The van der Waals surface area contributed by atoms with E-state index >= 15 is 0 Å². The van der Waals surface area contributed by atoms with Crippen molar-refractivity contribution in [3.63, 3.8) is 0 Å². The standard InChI is InChI=1S/C24H24N2O4S/c27-24(25-16-15-19-9-3-1-4-10-19)23-17-26(21-13-7-8-14-22(21)30-23)31(28,29)18-20-11-5-2-6-12-20/h1-14,23H,15-18H2,(H,25,27)/t23-/m1/s1. The van der Waals surface area contributed by atoms with E-state index in [2.05, 4.69) is 5.32 Å². The average Bonchev–Trinajstić information content (AvgIpc) is 2.79. The molecule has 7 heteroatoms. The van der Waals surface area contributed by atoms with Crippen LogP contribution >= 0.6 is 0 Å². The van der Waals surface area contributed by atoms with Gasteiger partial charge < -0.3 is 10.1 Å². The summed E-state index contributed by atoms with van der Waals surface area (Å²) >= 11 is 0. The number of para-hydroxylation sites is 2. The Morgan fingerprint density at radius 3 is 2.23 bits per heavy atom. The number of anilines is 1. The number of rotatable bonds is 7. The van der Waals surface area contributed by atoms with E-state index in [1.165, 1.54) is 4.31 Å². The number of hydrogen-bond acceptors (Lipinski definition) is 4. The summed E-state index contributed by atoms with van der Waals surface area (Å²) in [7, 11) is -3.71. The predicted octanol–water partition coefficient (Wildman–Crippen LogP) is 3.14. The van der Waals surface area contributed by atoms with Gasteiger partial charge in [-0.3, -0.25) is 9.10 Å². The lowest BCUT2D eigenvalue weighted by atomic mass is 10.1. The number of nitrogens with one attached hydrogen (secondary N) is 1. The van der Waals surface area contributed by atoms with Gasteiger partial charge in [0, 0.05) is 6.54 Å². The van der Waals surface area contributed by atoms with Crippen LogP contribution in [0.5, 0.6) is 5.75 Å². The number of hydrogen-bond donors (Lipinski definition) is 1. The molecule has 4 rings (SSSR count). The molecule has 1 aliphatic rings. The molecule has 1 amide bonds. The number of fused-ring (bicyclic) bond motifs is 1. The first kappa shape index (κ1) is 20.9. The molecule has 0 aliphatic carbocycles. The minimum Gasteiger partial charge on any atom is -0.476 e. The highest BCUT2D eigenvalue weighted by molar-refractivity contribution is 7.92. The maximum atomic E-state index is 13.2. The zero-order chi connectivity index (χ0) is 21.7. The quantitative estimate of drug-likeness (QED) is 0.617. The van der Waals surface area contributed by atoms with Crippen LogP contribution in [-0.2, 0) is 27.0 Å². The van der Waals surface area contributed by atoms with E-state index in [1.54, 1.807) is 48.5 Å². The van der Waals surface area contributed by atoms with E-state index < -0.39 is 16.1 Å². The van der Waals surface area contributed by atoms with E-state index in [9.17, 15) is 13.2 Å². The summed E-state index contributed by atoms with van der Waals surface area (Å²) in [6, 6.07) is 25.7. The third-order valence-electron chi connectivity index (χ3n) is 5.11. The van der Waals surface area contributed by atoms with Crippen molar-refractivity contribution < 1.29 is 17.9 Å². The molecule has 160 valence electrons. The minimum atomic E-state index is -3.71. The van der Waals surface area contributed by atoms with Crippen LogP contribution in [0.3, 0.4) is 0 Å². The Kier molecular flexibility index (Phi) is 6.23. The molecule has 0 fully saturated rings. The van der Waals surface area contributed by atoms with Crippen molar-refractivity contribution in [3.05, 3.63) is 96.1 Å². The van der Waals surface area contributed by atoms with Gasteiger partial charge in [0.1, 0.15) is 5.75 Å². The summed E-state index contributed by atoms with van der Waals surface area (Å²) in [6.45, 7) is 0.379. The molecule has 1 heterocycles. The van der Waals surface area contributed by atoms with Gasteiger partial charge in [0.15, 0.2) is 6.10 Å². The average molecular weight is 437 g/mol. The number of ether oxygens (including phenoxy) is 1. The molecule has 0 aromatic heterocycles. The maximum absolute atomic E-state index is 13.2. The molecule has 1 aliphatic heterocycles. The number of nitrogens with zero attached hydrogens (tertiary/aromatic N) is 1. The Bertz CT molecular complexity index is 1130. The van der Waals surface area contributed by atoms with Gasteiger partial charge in [-0.1, -0.05) is 72.8 Å². The van der Waals surface area contributed by atoms with E-state index in [4.69, 9.17) is 4.74 Å². The van der Waals surface area contributed by atoms with Crippen LogP contribution in [0.2, 0.25) is 0 Å². The molecule has 31 heavy (non-hydrogen) atoms. The smallest absolute Gasteiger partial charge is 0.263 e. The van der Waals surface area contributed by atoms with Gasteiger partial charge in [-0.05, 0) is 29.7 Å². The Morgan fingerprint density at radius 2 is 1.52 bits per heavy atom. The van der Waals surface area contributed by atoms with Gasteiger partial charge >= 0.3 is 0 Å². The number of amides is 1. The van der Waals surface area contributed by atoms with Crippen molar-refractivity contribution in [3.8, 4) is 5.75 Å². The molecule has 0 bridgehead atoms. The first-order chi connectivity index (χ1) is 15.0. The summed E-state index contributed by atoms with van der Waals surface area (Å²) in [6.07, 6.45) is -0.234. The van der Waals surface area contributed by atoms with Crippen LogP contribution in [0, 0.1) is 0 Å². The van der Waals surface area contributed by atoms with Gasteiger partial charge in [-0.2, -0.15) is 0 Å². The van der Waals surface area contributed by atoms with Gasteiger partial charge in [0.05, 0.1) is 18.0 Å². The molecule has 0 saturated heterocycles. The van der Waals surface area contributed by atoms with E-state index in [1.807, 2.05) is 36.4 Å². The second kappa shape index (κ2) is 9.22. The summed E-state index contributed by atoms with van der Waals surface area (Å²) in [4.78, 5) is 12.8. The molecule has 1 N–H and O–H groups in total. The lowest BCUT2D eigenvalue weighted by molar-refractivity contribution is -0.127. The van der Waals surface area contributed by atoms with Crippen LogP contribution in [0.4, 0.5) is 5.69 Å². The fraction of sp³-hybridized carbons (Fsp3) is 0.208. The van der Waals surface area contributed by atoms with Gasteiger partial charge in [0.2, 0.25) is 10.0 Å². The molecular weight excluding hydrogens is 412 g/mol. The molecular formula is C24H24N2O4S. The highest BCUT2D eigenvalue weighted by atomic mass is 32.2. The number of carbonyl (C=O) groups excluding carboxylic acids is 1. The summed E-state index contributed by atoms with van der Waals surface area (Å²) in [5.74, 6) is -0.0937. The van der Waals surface area contributed by atoms with E-state index in [0.717, 1.165) is 5.56 Å². The van der Waals surface area contributed by atoms with Crippen LogP contribution in [-0.4, -0.2) is 33.5 Å². The van der Waals surface area contributed by atoms with E-state index in [0.29, 0.717) is 30.0 Å². The molecule has 0 saturated carbocycles. The van der Waals surface area contributed by atoms with Crippen LogP contribution in [0.1, 0.15) is 11.1 Å². The normalized spacial score (nSPS) is 15.6. The third kappa shape index (κ3) is 5.06. The highest BCUT2D eigenvalue weighted by Gasteiger charge is 2.36. The summed E-state index contributed by atoms with van der Waals surface area (Å²) in [5.41, 5.74) is 2.26. The van der Waals surface area contributed by atoms with Crippen molar-refractivity contribution in [1.29, 1.82) is 0 Å². The second-order valence-corrected chi connectivity index (χ2v) is 9.27. The molecule has 6 nitrogen and oxygen atoms in total. The highest BCUT2D eigenvalue weighted by Crippen LogP contribution is 2.35. The Hall–Kier alpha value is -3.32. The monoisotopic (exact) mass is 436 g/mol. The largest absolute Gasteiger partial charge is 0.476 e. The molecule has 0 unspecified atom stereocenters. The maximum Gasteiger partial charge on any atom is 0.263 e. The number of sulfonamides is 1. The lowest BCUT2D eigenvalue weighted by Crippen LogP contribution is -2.51. The van der Waals surface area contributed by atoms with Crippen LogP contribution in [0.15, 0.2) is 84.9 Å². The van der Waals surface area contributed by atoms with Crippen LogP contribution in [0.25, 0.3) is 0 Å². The Morgan fingerprint density at radius 1 is 0.903 bits per heavy atom. The molecule has 3 aromatic rings. The van der Waals surface area contributed by atoms with E-state index in [-0.39, 0.29) is 18.2 Å². The summed E-state index contributed by atoms with van der Waals surface area (Å²) < 4.78 is 33.6. The minimum absolute atomic E-state index is 0.0661. The second-order valence-electron chi connectivity index (χ2n) is 7.37. The van der Waals surface area contributed by atoms with Gasteiger partial charge in [-0.25, -0.2) is 8.42 Å². The molecule has 1 atom stereocenters. The fourth-order valence-electron chi connectivity index (χ4n) is 3.55. The Labute approximate surface area is 182 Å². The van der Waals surface area contributed by atoms with Crippen molar-refractivity contribution in [2.75, 3.05) is 17.4 Å². The van der Waals surface area contributed by atoms with Crippen LogP contribution < -0.4 is 14.4 Å². The topological polar surface area (TPSA) is 75.7 Å². The molecule has 3 aromatic carbocycles. The number of carbonyl (C=O) groups is 1. The number of benzene rings is 3. The lowest BCUT2D eigenvalue weighted by Gasteiger charge is -2.34. The van der Waals surface area contributed by atoms with Crippen molar-refractivity contribution >= 4 is 21.6 Å². The van der Waals surface area contributed by atoms with Gasteiger partial charge in [0.25, 0.3) is 5.91 Å². The Balaban J connectivity index is 1.49. The SMILES string of the molecule is O=C(NCCc1ccccc1)[C@H]1CN(S(=O)(=O)Cc2ccccc2)c2ccccc2O1. The van der Waals surface area contributed by atoms with Crippen molar-refractivity contribution in [1.82, 2.24) is 5.32 Å². The first-order valence-electron chi connectivity index (χ1n) is 10.1. The van der Waals surface area contributed by atoms with Crippen molar-refractivity contribution in [2.24, 2.45) is 0 Å². The third-order valence-corrected chi connectivity index (χ3v) is 6.83. The first-order valence-corrected chi connectivity index (χ1v) is 11.8. The zero-order valence-corrected chi connectivity index (χ0v) is 17.8. The molecule has 0 radical (unpaired) electrons. The van der Waals surface area contributed by atoms with Crippen molar-refractivity contribution in [2.45, 2.75) is 18.3 Å². The fourth-order valence-corrected chi connectivity index (χ4v) is 5.14.